The molecule has 0 saturated heterocycles. The summed E-state index contributed by atoms with van der Waals surface area (Å²) in [5.41, 5.74) is 2.13. The second-order valence-electron chi connectivity index (χ2n) is 4.58. The molecular formula is C15H16N2O3. The van der Waals surface area contributed by atoms with Crippen molar-refractivity contribution in [2.24, 2.45) is 0 Å². The van der Waals surface area contributed by atoms with E-state index in [-0.39, 0.29) is 12.3 Å². The van der Waals surface area contributed by atoms with Crippen molar-refractivity contribution in [3.8, 4) is 0 Å². The number of benzene rings is 1. The van der Waals surface area contributed by atoms with Crippen molar-refractivity contribution in [2.45, 2.75) is 19.8 Å². The SMILES string of the molecule is Cc1cc(C(=O)NCCCC(=O)O)c2ccccc2n1. The standard InChI is InChI=1S/C15H16N2O3/c1-10-9-12(11-5-2-3-6-13(11)17-10)15(20)16-8-4-7-14(18)19/h2-3,5-6,9H,4,7-8H2,1H3,(H,16,20)(H,18,19). The topological polar surface area (TPSA) is 79.3 Å². The summed E-state index contributed by atoms with van der Waals surface area (Å²) in [6.45, 7) is 2.19. The summed E-state index contributed by atoms with van der Waals surface area (Å²) in [5.74, 6) is -1.05. The number of fused-ring (bicyclic) bond motifs is 1. The lowest BCUT2D eigenvalue weighted by atomic mass is 10.1. The number of rotatable bonds is 5. The van der Waals surface area contributed by atoms with Gasteiger partial charge in [0.05, 0.1) is 11.1 Å². The van der Waals surface area contributed by atoms with E-state index in [2.05, 4.69) is 10.3 Å². The molecule has 0 unspecified atom stereocenters. The number of nitrogens with one attached hydrogen (secondary N) is 1. The van der Waals surface area contributed by atoms with Crippen molar-refractivity contribution in [1.82, 2.24) is 10.3 Å². The number of aryl methyl sites for hydroxylation is 1. The predicted octanol–water partition coefficient (Wildman–Crippen LogP) is 2.14. The molecule has 104 valence electrons. The van der Waals surface area contributed by atoms with Gasteiger partial charge < -0.3 is 10.4 Å². The van der Waals surface area contributed by atoms with Crippen LogP contribution in [0.5, 0.6) is 0 Å². The molecular weight excluding hydrogens is 256 g/mol. The number of amides is 1. The molecule has 1 aromatic carbocycles. The third kappa shape index (κ3) is 3.32. The van der Waals surface area contributed by atoms with Crippen LogP contribution in [-0.4, -0.2) is 28.5 Å². The molecule has 0 bridgehead atoms. The molecule has 2 rings (SSSR count). The van der Waals surface area contributed by atoms with Crippen molar-refractivity contribution >= 4 is 22.8 Å². The molecule has 0 spiro atoms. The molecule has 1 amide bonds. The number of hydrogen-bond donors (Lipinski definition) is 2. The lowest BCUT2D eigenvalue weighted by molar-refractivity contribution is -0.137. The van der Waals surface area contributed by atoms with Crippen molar-refractivity contribution in [2.75, 3.05) is 6.54 Å². The zero-order valence-electron chi connectivity index (χ0n) is 11.2. The summed E-state index contributed by atoms with van der Waals surface area (Å²) in [7, 11) is 0. The largest absolute Gasteiger partial charge is 0.481 e. The maximum Gasteiger partial charge on any atom is 0.303 e. The monoisotopic (exact) mass is 272 g/mol. The molecule has 5 nitrogen and oxygen atoms in total. The third-order valence-electron chi connectivity index (χ3n) is 2.94. The fraction of sp³-hybridized carbons (Fsp3) is 0.267. The van der Waals surface area contributed by atoms with Crippen LogP contribution in [0.4, 0.5) is 0 Å². The summed E-state index contributed by atoms with van der Waals surface area (Å²) in [6.07, 6.45) is 0.472. The number of carboxylic acids is 1. The Kier molecular flexibility index (Phi) is 4.30. The van der Waals surface area contributed by atoms with Crippen LogP contribution in [0, 0.1) is 6.92 Å². The number of aliphatic carboxylic acids is 1. The van der Waals surface area contributed by atoms with E-state index in [9.17, 15) is 9.59 Å². The van der Waals surface area contributed by atoms with Crippen molar-refractivity contribution in [3.05, 3.63) is 41.6 Å². The van der Waals surface area contributed by atoms with Gasteiger partial charge in [0, 0.05) is 24.0 Å². The van der Waals surface area contributed by atoms with Crippen LogP contribution in [0.1, 0.15) is 28.9 Å². The number of aromatic nitrogens is 1. The van der Waals surface area contributed by atoms with E-state index >= 15 is 0 Å². The van der Waals surface area contributed by atoms with Crippen molar-refractivity contribution in [1.29, 1.82) is 0 Å². The van der Waals surface area contributed by atoms with Gasteiger partial charge in [-0.05, 0) is 25.5 Å². The lowest BCUT2D eigenvalue weighted by Crippen LogP contribution is -2.25. The Morgan fingerprint density at radius 3 is 2.80 bits per heavy atom. The van der Waals surface area contributed by atoms with E-state index in [4.69, 9.17) is 5.11 Å². The van der Waals surface area contributed by atoms with E-state index in [1.807, 2.05) is 31.2 Å². The predicted molar refractivity (Wildman–Crippen MR) is 75.7 cm³/mol. The first-order chi connectivity index (χ1) is 9.58. The van der Waals surface area contributed by atoms with Crippen LogP contribution in [0.25, 0.3) is 10.9 Å². The first-order valence-corrected chi connectivity index (χ1v) is 6.44. The highest BCUT2D eigenvalue weighted by Crippen LogP contribution is 2.18. The Morgan fingerprint density at radius 2 is 2.05 bits per heavy atom. The summed E-state index contributed by atoms with van der Waals surface area (Å²) in [6, 6.07) is 9.20. The maximum atomic E-state index is 12.2. The van der Waals surface area contributed by atoms with Crippen LogP contribution < -0.4 is 5.32 Å². The summed E-state index contributed by atoms with van der Waals surface area (Å²) >= 11 is 0. The highest BCUT2D eigenvalue weighted by Gasteiger charge is 2.11. The molecule has 1 heterocycles. The highest BCUT2D eigenvalue weighted by atomic mass is 16.4. The smallest absolute Gasteiger partial charge is 0.303 e. The van der Waals surface area contributed by atoms with Crippen LogP contribution in [0.15, 0.2) is 30.3 Å². The molecule has 0 aliphatic carbocycles. The van der Waals surface area contributed by atoms with Crippen LogP contribution in [-0.2, 0) is 4.79 Å². The number of pyridine rings is 1. The van der Waals surface area contributed by atoms with Gasteiger partial charge in [-0.25, -0.2) is 0 Å². The van der Waals surface area contributed by atoms with Gasteiger partial charge in [0.15, 0.2) is 0 Å². The zero-order chi connectivity index (χ0) is 14.5. The van der Waals surface area contributed by atoms with Gasteiger partial charge in [0.1, 0.15) is 0 Å². The van der Waals surface area contributed by atoms with E-state index in [0.29, 0.717) is 18.5 Å². The second kappa shape index (κ2) is 6.14. The van der Waals surface area contributed by atoms with Gasteiger partial charge in [0.2, 0.25) is 0 Å². The quantitative estimate of drug-likeness (QED) is 0.817. The zero-order valence-corrected chi connectivity index (χ0v) is 11.2. The lowest BCUT2D eigenvalue weighted by Gasteiger charge is -2.08. The Labute approximate surface area is 116 Å². The van der Waals surface area contributed by atoms with E-state index in [1.165, 1.54) is 0 Å². The van der Waals surface area contributed by atoms with Crippen LogP contribution >= 0.6 is 0 Å². The normalized spacial score (nSPS) is 10.4. The van der Waals surface area contributed by atoms with Crippen molar-refractivity contribution < 1.29 is 14.7 Å². The van der Waals surface area contributed by atoms with E-state index < -0.39 is 5.97 Å². The molecule has 20 heavy (non-hydrogen) atoms. The third-order valence-corrected chi connectivity index (χ3v) is 2.94. The minimum Gasteiger partial charge on any atom is -0.481 e. The number of carboxylic acid groups (broad SMARTS) is 1. The van der Waals surface area contributed by atoms with E-state index in [1.54, 1.807) is 6.07 Å². The number of carbonyl (C=O) groups is 2. The van der Waals surface area contributed by atoms with Gasteiger partial charge in [-0.3, -0.25) is 14.6 Å². The molecule has 0 aliphatic heterocycles. The summed E-state index contributed by atoms with van der Waals surface area (Å²) < 4.78 is 0. The molecule has 2 aromatic rings. The molecule has 0 atom stereocenters. The minimum atomic E-state index is -0.857. The van der Waals surface area contributed by atoms with Gasteiger partial charge in [-0.15, -0.1) is 0 Å². The average molecular weight is 272 g/mol. The Hall–Kier alpha value is -2.43. The molecule has 0 radical (unpaired) electrons. The van der Waals surface area contributed by atoms with Gasteiger partial charge in [-0.2, -0.15) is 0 Å². The number of para-hydroxylation sites is 1. The molecule has 2 N–H and O–H groups in total. The first kappa shape index (κ1) is 14.0. The number of nitrogens with zero attached hydrogens (tertiary/aromatic N) is 1. The van der Waals surface area contributed by atoms with Gasteiger partial charge >= 0.3 is 5.97 Å². The summed E-state index contributed by atoms with van der Waals surface area (Å²) in [5, 5.41) is 12.1. The Bertz CT molecular complexity index is 653. The van der Waals surface area contributed by atoms with Gasteiger partial charge in [-0.1, -0.05) is 18.2 Å². The summed E-state index contributed by atoms with van der Waals surface area (Å²) in [4.78, 5) is 27.0. The van der Waals surface area contributed by atoms with Gasteiger partial charge in [0.25, 0.3) is 5.91 Å². The highest BCUT2D eigenvalue weighted by molar-refractivity contribution is 6.06. The Balaban J connectivity index is 2.15. The number of hydrogen-bond acceptors (Lipinski definition) is 3. The van der Waals surface area contributed by atoms with Crippen LogP contribution in [0.2, 0.25) is 0 Å². The molecule has 0 saturated carbocycles. The minimum absolute atomic E-state index is 0.0520. The average Bonchev–Trinajstić information content (AvgIpc) is 2.42. The first-order valence-electron chi connectivity index (χ1n) is 6.44. The number of carbonyl (C=O) groups excluding carboxylic acids is 1. The molecule has 5 heteroatoms. The fourth-order valence-corrected chi connectivity index (χ4v) is 2.03. The molecule has 0 fully saturated rings. The van der Waals surface area contributed by atoms with E-state index in [0.717, 1.165) is 16.6 Å². The second-order valence-corrected chi connectivity index (χ2v) is 4.58. The molecule has 1 aromatic heterocycles. The van der Waals surface area contributed by atoms with Crippen LogP contribution in [0.3, 0.4) is 0 Å². The molecule has 0 aliphatic rings. The van der Waals surface area contributed by atoms with Crippen molar-refractivity contribution in [3.63, 3.8) is 0 Å². The Morgan fingerprint density at radius 1 is 1.30 bits per heavy atom. The maximum absolute atomic E-state index is 12.2. The fourth-order valence-electron chi connectivity index (χ4n) is 2.03.